The summed E-state index contributed by atoms with van der Waals surface area (Å²) >= 11 is 1.51. The summed E-state index contributed by atoms with van der Waals surface area (Å²) in [6.45, 7) is 5.55. The van der Waals surface area contributed by atoms with Crippen LogP contribution in [0.4, 0.5) is 11.6 Å². The Balaban J connectivity index is 1.52. The number of nitrogens with two attached hydrogens (primary N) is 1. The highest BCUT2D eigenvalue weighted by atomic mass is 32.2. The molecule has 0 radical (unpaired) electrons. The van der Waals surface area contributed by atoms with Crippen LogP contribution in [-0.2, 0) is 17.8 Å². The Hall–Kier alpha value is -1.90. The van der Waals surface area contributed by atoms with Gasteiger partial charge in [-0.3, -0.25) is 0 Å². The Labute approximate surface area is 169 Å². The van der Waals surface area contributed by atoms with Crippen LogP contribution in [0.25, 0.3) is 0 Å². The summed E-state index contributed by atoms with van der Waals surface area (Å²) in [6, 6.07) is 1.95. The van der Waals surface area contributed by atoms with E-state index in [4.69, 9.17) is 10.5 Å². The number of anilines is 2. The molecule has 2 saturated heterocycles. The van der Waals surface area contributed by atoms with E-state index >= 15 is 0 Å². The molecule has 2 aromatic rings. The fourth-order valence-electron chi connectivity index (χ4n) is 4.11. The molecule has 2 aromatic heterocycles. The Bertz CT molecular complexity index is 831. The molecule has 4 rings (SSSR count). The van der Waals surface area contributed by atoms with Crippen molar-refractivity contribution in [2.75, 3.05) is 36.9 Å². The van der Waals surface area contributed by atoms with Crippen LogP contribution in [-0.4, -0.2) is 46.4 Å². The molecular weight excluding hydrogens is 374 g/mol. The fraction of sp³-hybridized carbons (Fsp3) is 0.550. The van der Waals surface area contributed by atoms with E-state index in [1.165, 1.54) is 11.8 Å². The average Bonchev–Trinajstić information content (AvgIpc) is 3.17. The molecule has 150 valence electrons. The molecule has 7 nitrogen and oxygen atoms in total. The number of piperidine rings is 1. The third kappa shape index (κ3) is 3.81. The molecule has 2 fully saturated rings. The van der Waals surface area contributed by atoms with E-state index in [1.807, 2.05) is 6.07 Å². The lowest BCUT2D eigenvalue weighted by Gasteiger charge is -2.39. The van der Waals surface area contributed by atoms with Crippen LogP contribution in [0.1, 0.15) is 37.4 Å². The number of aliphatic hydroxyl groups excluding tert-OH is 1. The SMILES string of the molecule is CCc1c(Sc2cnc(N3CCC4(CCOC4)CC3)c(CO)n2)ccnc1N. The Morgan fingerprint density at radius 2 is 2.11 bits per heavy atom. The van der Waals surface area contributed by atoms with Gasteiger partial charge in [-0.1, -0.05) is 18.7 Å². The van der Waals surface area contributed by atoms with Crippen LogP contribution >= 0.6 is 11.8 Å². The zero-order valence-electron chi connectivity index (χ0n) is 16.2. The summed E-state index contributed by atoms with van der Waals surface area (Å²) in [6.07, 6.45) is 7.67. The molecule has 28 heavy (non-hydrogen) atoms. The molecule has 0 bridgehead atoms. The van der Waals surface area contributed by atoms with Gasteiger partial charge in [-0.15, -0.1) is 0 Å². The van der Waals surface area contributed by atoms with Crippen LogP contribution in [0.2, 0.25) is 0 Å². The third-order valence-electron chi connectivity index (χ3n) is 5.87. The van der Waals surface area contributed by atoms with Crippen LogP contribution in [0.5, 0.6) is 0 Å². The van der Waals surface area contributed by atoms with Gasteiger partial charge in [0, 0.05) is 36.4 Å². The highest BCUT2D eigenvalue weighted by Gasteiger charge is 2.38. The van der Waals surface area contributed by atoms with Crippen molar-refractivity contribution >= 4 is 23.4 Å². The number of pyridine rings is 1. The van der Waals surface area contributed by atoms with Crippen LogP contribution < -0.4 is 10.6 Å². The second-order valence-corrected chi connectivity index (χ2v) is 8.62. The van der Waals surface area contributed by atoms with Crippen molar-refractivity contribution in [3.8, 4) is 0 Å². The van der Waals surface area contributed by atoms with E-state index in [9.17, 15) is 5.11 Å². The molecule has 2 aliphatic heterocycles. The van der Waals surface area contributed by atoms with Crippen molar-refractivity contribution in [2.45, 2.75) is 49.1 Å². The van der Waals surface area contributed by atoms with Crippen molar-refractivity contribution < 1.29 is 9.84 Å². The quantitative estimate of drug-likeness (QED) is 0.789. The molecule has 2 aliphatic rings. The number of rotatable bonds is 5. The normalized spacial score (nSPS) is 18.7. The zero-order chi connectivity index (χ0) is 19.6. The van der Waals surface area contributed by atoms with E-state index < -0.39 is 0 Å². The van der Waals surface area contributed by atoms with E-state index in [2.05, 4.69) is 26.8 Å². The Morgan fingerprint density at radius 3 is 2.79 bits per heavy atom. The summed E-state index contributed by atoms with van der Waals surface area (Å²) < 4.78 is 5.62. The highest BCUT2D eigenvalue weighted by molar-refractivity contribution is 7.99. The largest absolute Gasteiger partial charge is 0.390 e. The predicted molar refractivity (Wildman–Crippen MR) is 109 cm³/mol. The van der Waals surface area contributed by atoms with E-state index in [1.54, 1.807) is 12.4 Å². The van der Waals surface area contributed by atoms with E-state index in [0.29, 0.717) is 16.9 Å². The van der Waals surface area contributed by atoms with Gasteiger partial charge in [0.15, 0.2) is 5.82 Å². The summed E-state index contributed by atoms with van der Waals surface area (Å²) in [4.78, 5) is 16.8. The lowest BCUT2D eigenvalue weighted by molar-refractivity contribution is 0.133. The minimum absolute atomic E-state index is 0.124. The standard InChI is InChI=1S/C20H27N5O2S/c1-2-14-16(3-7-22-18(14)21)28-17-11-23-19(15(12-26)24-17)25-8-4-20(5-9-25)6-10-27-13-20/h3,7,11,26H,2,4-6,8-10,12-13H2,1H3,(H2,21,22). The minimum atomic E-state index is -0.124. The van der Waals surface area contributed by atoms with Crippen LogP contribution in [0, 0.1) is 5.41 Å². The number of ether oxygens (including phenoxy) is 1. The first kappa shape index (κ1) is 19.4. The summed E-state index contributed by atoms with van der Waals surface area (Å²) in [5.41, 5.74) is 7.99. The molecule has 4 heterocycles. The first-order valence-corrected chi connectivity index (χ1v) is 10.7. The lowest BCUT2D eigenvalue weighted by Crippen LogP contribution is -2.41. The number of nitrogen functional groups attached to an aromatic ring is 1. The molecule has 0 aromatic carbocycles. The van der Waals surface area contributed by atoms with Gasteiger partial charge in [-0.05, 0) is 37.2 Å². The lowest BCUT2D eigenvalue weighted by atomic mass is 9.78. The summed E-state index contributed by atoms with van der Waals surface area (Å²) in [7, 11) is 0. The van der Waals surface area contributed by atoms with Gasteiger partial charge in [0.1, 0.15) is 16.5 Å². The van der Waals surface area contributed by atoms with E-state index in [-0.39, 0.29) is 6.61 Å². The van der Waals surface area contributed by atoms with Crippen LogP contribution in [0.15, 0.2) is 28.4 Å². The van der Waals surface area contributed by atoms with E-state index in [0.717, 1.165) is 73.3 Å². The second-order valence-electron chi connectivity index (χ2n) is 7.55. The van der Waals surface area contributed by atoms with Gasteiger partial charge in [0.05, 0.1) is 19.4 Å². The van der Waals surface area contributed by atoms with Crippen molar-refractivity contribution in [1.82, 2.24) is 15.0 Å². The first-order valence-electron chi connectivity index (χ1n) is 9.85. The number of aliphatic hydroxyl groups is 1. The number of nitrogens with zero attached hydrogens (tertiary/aromatic N) is 4. The summed E-state index contributed by atoms with van der Waals surface area (Å²) in [5.74, 6) is 1.35. The maximum atomic E-state index is 9.90. The second kappa shape index (κ2) is 8.23. The molecule has 8 heteroatoms. The topological polar surface area (TPSA) is 97.4 Å². The van der Waals surface area contributed by atoms with Gasteiger partial charge in [-0.2, -0.15) is 0 Å². The molecule has 1 spiro atoms. The smallest absolute Gasteiger partial charge is 0.152 e. The van der Waals surface area contributed by atoms with Crippen molar-refractivity contribution in [3.63, 3.8) is 0 Å². The van der Waals surface area contributed by atoms with Gasteiger partial charge in [0.2, 0.25) is 0 Å². The molecule has 0 atom stereocenters. The number of hydrogen-bond donors (Lipinski definition) is 2. The van der Waals surface area contributed by atoms with Gasteiger partial charge >= 0.3 is 0 Å². The average molecular weight is 402 g/mol. The van der Waals surface area contributed by atoms with Gasteiger partial charge in [0.25, 0.3) is 0 Å². The van der Waals surface area contributed by atoms with Crippen LogP contribution in [0.3, 0.4) is 0 Å². The third-order valence-corrected chi connectivity index (χ3v) is 6.88. The molecule has 3 N–H and O–H groups in total. The van der Waals surface area contributed by atoms with Crippen molar-refractivity contribution in [1.29, 1.82) is 0 Å². The number of hydrogen-bond acceptors (Lipinski definition) is 8. The van der Waals surface area contributed by atoms with Gasteiger partial charge in [-0.25, -0.2) is 15.0 Å². The van der Waals surface area contributed by atoms with Crippen molar-refractivity contribution in [2.24, 2.45) is 5.41 Å². The minimum Gasteiger partial charge on any atom is -0.390 e. The Kier molecular flexibility index (Phi) is 5.70. The molecule has 0 amide bonds. The van der Waals surface area contributed by atoms with Gasteiger partial charge < -0.3 is 20.5 Å². The Morgan fingerprint density at radius 1 is 1.29 bits per heavy atom. The fourth-order valence-corrected chi connectivity index (χ4v) is 5.10. The summed E-state index contributed by atoms with van der Waals surface area (Å²) in [5, 5.41) is 10.7. The zero-order valence-corrected chi connectivity index (χ0v) is 17.0. The monoisotopic (exact) mass is 401 g/mol. The first-order chi connectivity index (χ1) is 13.6. The van der Waals surface area contributed by atoms with Crippen molar-refractivity contribution in [3.05, 3.63) is 29.7 Å². The maximum Gasteiger partial charge on any atom is 0.152 e. The predicted octanol–water partition coefficient (Wildman–Crippen LogP) is 2.67. The number of aromatic nitrogens is 3. The molecular formula is C20H27N5O2S. The molecule has 0 unspecified atom stereocenters. The highest BCUT2D eigenvalue weighted by Crippen LogP contribution is 2.40. The molecule has 0 saturated carbocycles. The molecule has 0 aliphatic carbocycles. The maximum absolute atomic E-state index is 9.90.